The van der Waals surface area contributed by atoms with Crippen LogP contribution in [0.5, 0.6) is 0 Å². The van der Waals surface area contributed by atoms with Gasteiger partial charge in [0.05, 0.1) is 4.88 Å². The Morgan fingerprint density at radius 2 is 0.970 bits per heavy atom. The highest BCUT2D eigenvalue weighted by Gasteiger charge is 2.27. The summed E-state index contributed by atoms with van der Waals surface area (Å²) in [6.45, 7) is -2.31. The van der Waals surface area contributed by atoms with Crippen molar-refractivity contribution in [1.29, 1.82) is 0 Å². The van der Waals surface area contributed by atoms with E-state index < -0.39 is 6.89 Å². The van der Waals surface area contributed by atoms with Crippen LogP contribution in [0, 0.1) is 0 Å². The van der Waals surface area contributed by atoms with Crippen LogP contribution < -0.4 is 15.9 Å². The molecule has 0 aliphatic rings. The van der Waals surface area contributed by atoms with E-state index in [1.54, 1.807) is 11.3 Å². The quantitative estimate of drug-likeness (QED) is 0.211. The van der Waals surface area contributed by atoms with Gasteiger partial charge >= 0.3 is 0 Å². The molecule has 0 unspecified atom stereocenters. The summed E-state index contributed by atoms with van der Waals surface area (Å²) in [5.41, 5.74) is 1.14. The van der Waals surface area contributed by atoms with Gasteiger partial charge in [-0.15, -0.1) is 11.3 Å². The first-order valence-electron chi connectivity index (χ1n) is 10.9. The Kier molecular flexibility index (Phi) is 6.21. The lowest BCUT2D eigenvalue weighted by Gasteiger charge is -2.28. The van der Waals surface area contributed by atoms with Gasteiger partial charge in [0.2, 0.25) is 0 Å². The SMILES string of the molecule is O=C(C=P(c1ccccc1)(c1ccccc1)c1ccccc1)c1ccc(-c2ccccc2)s1. The first-order chi connectivity index (χ1) is 16.3. The molecule has 0 saturated carbocycles. The Labute approximate surface area is 199 Å². The van der Waals surface area contributed by atoms with Crippen molar-refractivity contribution in [1.82, 2.24) is 0 Å². The molecule has 0 atom stereocenters. The molecule has 1 nitrogen and oxygen atoms in total. The van der Waals surface area contributed by atoms with Crippen LogP contribution in [0.3, 0.4) is 0 Å². The van der Waals surface area contributed by atoms with Gasteiger partial charge in [0.15, 0.2) is 5.78 Å². The lowest BCUT2D eigenvalue weighted by Crippen LogP contribution is -2.28. The Hall–Kier alpha value is -3.45. The van der Waals surface area contributed by atoms with Crippen LogP contribution in [0.4, 0.5) is 0 Å². The molecule has 160 valence electrons. The number of carbonyl (C=O) groups excluding carboxylic acids is 1. The lowest BCUT2D eigenvalue weighted by atomic mass is 10.2. The predicted molar refractivity (Wildman–Crippen MR) is 145 cm³/mol. The van der Waals surface area contributed by atoms with Gasteiger partial charge in [-0.05, 0) is 46.3 Å². The van der Waals surface area contributed by atoms with Crippen molar-refractivity contribution in [2.24, 2.45) is 0 Å². The number of Topliss-reactive ketones (excluding diaryl/α,β-unsaturated/α-hetero) is 1. The third kappa shape index (κ3) is 4.28. The number of benzene rings is 4. The van der Waals surface area contributed by atoms with E-state index in [4.69, 9.17) is 0 Å². The Morgan fingerprint density at radius 1 is 0.545 bits per heavy atom. The van der Waals surface area contributed by atoms with Crippen LogP contribution in [-0.4, -0.2) is 11.6 Å². The van der Waals surface area contributed by atoms with E-state index in [0.717, 1.165) is 15.3 Å². The maximum atomic E-state index is 13.8. The van der Waals surface area contributed by atoms with Gasteiger partial charge in [0.25, 0.3) is 0 Å². The largest absolute Gasteiger partial charge is 0.288 e. The van der Waals surface area contributed by atoms with Crippen molar-refractivity contribution < 1.29 is 4.79 Å². The van der Waals surface area contributed by atoms with Gasteiger partial charge in [-0.1, -0.05) is 121 Å². The van der Waals surface area contributed by atoms with Crippen LogP contribution in [0.1, 0.15) is 9.67 Å². The fraction of sp³-hybridized carbons (Fsp3) is 0. The smallest absolute Gasteiger partial charge is 0.196 e. The molecule has 0 amide bonds. The summed E-state index contributed by atoms with van der Waals surface area (Å²) in [6, 6.07) is 45.6. The molecule has 0 aliphatic carbocycles. The fourth-order valence-corrected chi connectivity index (χ4v) is 8.90. The fourth-order valence-electron chi connectivity index (χ4n) is 4.13. The average molecular weight is 463 g/mol. The molecule has 33 heavy (non-hydrogen) atoms. The molecule has 5 aromatic rings. The normalized spacial score (nSPS) is 11.2. The number of hydrogen-bond acceptors (Lipinski definition) is 2. The van der Waals surface area contributed by atoms with Gasteiger partial charge in [-0.25, -0.2) is 0 Å². The highest BCUT2D eigenvalue weighted by atomic mass is 32.1. The molecular formula is C30H23OPS. The molecule has 5 rings (SSSR count). The summed E-state index contributed by atoms with van der Waals surface area (Å²) < 4.78 is 0. The predicted octanol–water partition coefficient (Wildman–Crippen LogP) is 6.39. The molecule has 4 aromatic carbocycles. The lowest BCUT2D eigenvalue weighted by molar-refractivity contribution is 0.107. The monoisotopic (exact) mass is 462 g/mol. The van der Waals surface area contributed by atoms with Crippen LogP contribution in [0.25, 0.3) is 10.4 Å². The summed E-state index contributed by atoms with van der Waals surface area (Å²) >= 11 is 1.56. The van der Waals surface area contributed by atoms with E-state index in [1.165, 1.54) is 15.9 Å². The average Bonchev–Trinajstić information content (AvgIpc) is 3.40. The number of thiophene rings is 1. The highest BCUT2D eigenvalue weighted by molar-refractivity contribution is 7.95. The summed E-state index contributed by atoms with van der Waals surface area (Å²) in [5, 5.41) is 3.53. The minimum Gasteiger partial charge on any atom is -0.288 e. The van der Waals surface area contributed by atoms with Crippen LogP contribution in [-0.2, 0) is 0 Å². The van der Waals surface area contributed by atoms with Gasteiger partial charge in [-0.3, -0.25) is 4.79 Å². The molecule has 0 saturated heterocycles. The number of hydrogen-bond donors (Lipinski definition) is 0. The molecule has 0 aliphatic heterocycles. The van der Waals surface area contributed by atoms with E-state index in [1.807, 2.05) is 48.3 Å². The maximum Gasteiger partial charge on any atom is 0.196 e. The van der Waals surface area contributed by atoms with Gasteiger partial charge in [0.1, 0.15) is 0 Å². The van der Waals surface area contributed by atoms with E-state index >= 15 is 0 Å². The standard InChI is InChI=1S/C30H23OPS/c31-28(30-22-21-29(33-30)24-13-5-1-6-14-24)23-32(25-15-7-2-8-16-25,26-17-9-3-10-18-26)27-19-11-4-12-20-27/h1-23H. The molecule has 3 heteroatoms. The molecule has 0 spiro atoms. The minimum atomic E-state index is -2.31. The second-order valence-electron chi connectivity index (χ2n) is 7.75. The third-order valence-corrected chi connectivity index (χ3v) is 10.8. The van der Waals surface area contributed by atoms with Crippen molar-refractivity contribution in [2.75, 3.05) is 0 Å². The highest BCUT2D eigenvalue weighted by Crippen LogP contribution is 2.44. The number of carbonyl (C=O) groups is 1. The summed E-state index contributed by atoms with van der Waals surface area (Å²) in [4.78, 5) is 15.7. The molecule has 1 heterocycles. The van der Waals surface area contributed by atoms with Gasteiger partial charge in [-0.2, -0.15) is 0 Å². The Bertz CT molecular complexity index is 1300. The molecule has 0 N–H and O–H groups in total. The second-order valence-corrected chi connectivity index (χ2v) is 12.1. The van der Waals surface area contributed by atoms with Gasteiger partial charge < -0.3 is 0 Å². The van der Waals surface area contributed by atoms with Crippen molar-refractivity contribution in [3.63, 3.8) is 0 Å². The number of ketones is 1. The Balaban J connectivity index is 1.73. The Morgan fingerprint density at radius 3 is 1.42 bits per heavy atom. The first-order valence-corrected chi connectivity index (χ1v) is 13.6. The minimum absolute atomic E-state index is 0.0760. The zero-order valence-electron chi connectivity index (χ0n) is 18.0. The van der Waals surface area contributed by atoms with E-state index in [-0.39, 0.29) is 5.78 Å². The second kappa shape index (κ2) is 9.58. The first kappa shape index (κ1) is 21.4. The molecule has 1 aromatic heterocycles. The van der Waals surface area contributed by atoms with E-state index in [9.17, 15) is 4.79 Å². The topological polar surface area (TPSA) is 17.1 Å². The van der Waals surface area contributed by atoms with Crippen LogP contribution in [0.2, 0.25) is 0 Å². The van der Waals surface area contributed by atoms with Crippen molar-refractivity contribution >= 4 is 45.7 Å². The van der Waals surface area contributed by atoms with E-state index in [2.05, 4.69) is 91.0 Å². The summed E-state index contributed by atoms with van der Waals surface area (Å²) in [7, 11) is 0. The van der Waals surface area contributed by atoms with Crippen molar-refractivity contribution in [3.8, 4) is 10.4 Å². The zero-order valence-corrected chi connectivity index (χ0v) is 19.8. The number of rotatable bonds is 6. The van der Waals surface area contributed by atoms with Crippen LogP contribution >= 0.6 is 18.2 Å². The molecule has 0 fully saturated rings. The third-order valence-electron chi connectivity index (χ3n) is 5.71. The summed E-state index contributed by atoms with van der Waals surface area (Å²) in [6.07, 6.45) is 0. The summed E-state index contributed by atoms with van der Waals surface area (Å²) in [5.74, 6) is 2.08. The molecular weight excluding hydrogens is 439 g/mol. The van der Waals surface area contributed by atoms with Crippen molar-refractivity contribution in [2.45, 2.75) is 0 Å². The maximum absolute atomic E-state index is 13.8. The van der Waals surface area contributed by atoms with Crippen molar-refractivity contribution in [3.05, 3.63) is 138 Å². The molecule has 0 radical (unpaired) electrons. The van der Waals surface area contributed by atoms with E-state index in [0.29, 0.717) is 0 Å². The van der Waals surface area contributed by atoms with Crippen LogP contribution in [0.15, 0.2) is 133 Å². The zero-order chi connectivity index (χ0) is 22.5. The molecule has 0 bridgehead atoms. The van der Waals surface area contributed by atoms with Gasteiger partial charge in [0, 0.05) is 4.88 Å².